The summed E-state index contributed by atoms with van der Waals surface area (Å²) in [4.78, 5) is 23.6. The number of Topliss-reactive ketones (excluding diaryl/α,β-unsaturated/α-hetero) is 1. The Labute approximate surface area is 120 Å². The molecule has 102 valence electrons. The number of halogens is 2. The van der Waals surface area contributed by atoms with Gasteiger partial charge in [-0.05, 0) is 0 Å². The summed E-state index contributed by atoms with van der Waals surface area (Å²) in [5.74, 6) is 0.126. The minimum Gasteiger partial charge on any atom is -0.368 e. The molecule has 1 aliphatic heterocycles. The van der Waals surface area contributed by atoms with Crippen LogP contribution < -0.4 is 4.90 Å². The van der Waals surface area contributed by atoms with E-state index in [1.807, 2.05) is 11.8 Å². The number of anilines is 1. The average Bonchev–Trinajstić information content (AvgIpc) is 2.32. The molecule has 0 spiro atoms. The van der Waals surface area contributed by atoms with Crippen LogP contribution in [0, 0.1) is 16.0 Å². The van der Waals surface area contributed by atoms with Gasteiger partial charge in [0.05, 0.1) is 20.7 Å². The Balaban J connectivity index is 2.35. The van der Waals surface area contributed by atoms with Gasteiger partial charge in [-0.15, -0.1) is 0 Å². The molecule has 0 radical (unpaired) electrons. The van der Waals surface area contributed by atoms with Crippen LogP contribution in [0.15, 0.2) is 12.1 Å². The number of ketones is 1. The number of hydrogen-bond acceptors (Lipinski definition) is 4. The van der Waals surface area contributed by atoms with Gasteiger partial charge in [-0.25, -0.2) is 0 Å². The molecule has 1 aliphatic rings. The van der Waals surface area contributed by atoms with Gasteiger partial charge >= 0.3 is 0 Å². The van der Waals surface area contributed by atoms with Gasteiger partial charge in [0, 0.05) is 37.6 Å². The van der Waals surface area contributed by atoms with Crippen molar-refractivity contribution in [2.45, 2.75) is 13.3 Å². The van der Waals surface area contributed by atoms with Gasteiger partial charge in [-0.3, -0.25) is 14.9 Å². The van der Waals surface area contributed by atoms with E-state index in [0.717, 1.165) is 0 Å². The smallest absolute Gasteiger partial charge is 0.272 e. The Morgan fingerprint density at radius 2 is 1.95 bits per heavy atom. The third kappa shape index (κ3) is 2.82. The van der Waals surface area contributed by atoms with Crippen LogP contribution in [0.4, 0.5) is 11.4 Å². The van der Waals surface area contributed by atoms with Crippen LogP contribution in [0.3, 0.4) is 0 Å². The van der Waals surface area contributed by atoms with Crippen molar-refractivity contribution in [3.63, 3.8) is 0 Å². The summed E-state index contributed by atoms with van der Waals surface area (Å²) in [6.45, 7) is 2.90. The van der Waals surface area contributed by atoms with Gasteiger partial charge in [0.25, 0.3) is 5.69 Å². The first-order valence-electron chi connectivity index (χ1n) is 5.81. The number of benzene rings is 1. The summed E-state index contributed by atoms with van der Waals surface area (Å²) >= 11 is 12.2. The predicted octanol–water partition coefficient (Wildman–Crippen LogP) is 3.32. The van der Waals surface area contributed by atoms with E-state index in [1.165, 1.54) is 12.1 Å². The zero-order chi connectivity index (χ0) is 14.2. The van der Waals surface area contributed by atoms with Gasteiger partial charge in [-0.1, -0.05) is 30.1 Å². The molecule has 1 heterocycles. The third-order valence-corrected chi connectivity index (χ3v) is 3.78. The highest BCUT2D eigenvalue weighted by atomic mass is 35.5. The topological polar surface area (TPSA) is 63.4 Å². The quantitative estimate of drug-likeness (QED) is 0.621. The molecular formula is C12H12Cl2N2O3. The maximum atomic E-state index is 11.5. The largest absolute Gasteiger partial charge is 0.368 e. The molecule has 0 saturated carbocycles. The van der Waals surface area contributed by atoms with Crippen molar-refractivity contribution >= 4 is 40.4 Å². The SMILES string of the molecule is CC1CN(c2c(Cl)cc([N+](=O)[O-])cc2Cl)CCC1=O. The summed E-state index contributed by atoms with van der Waals surface area (Å²) in [7, 11) is 0. The van der Waals surface area contributed by atoms with E-state index in [2.05, 4.69) is 0 Å². The second-order valence-corrected chi connectivity index (χ2v) is 5.39. The maximum absolute atomic E-state index is 11.5. The molecule has 1 fully saturated rings. The fourth-order valence-corrected chi connectivity index (χ4v) is 2.89. The number of carbonyl (C=O) groups is 1. The number of nitro groups is 1. The Bertz CT molecular complexity index is 525. The first-order chi connectivity index (χ1) is 8.90. The minimum absolute atomic E-state index is 0.0870. The highest BCUT2D eigenvalue weighted by Crippen LogP contribution is 2.38. The number of piperidine rings is 1. The normalized spacial score (nSPS) is 19.6. The van der Waals surface area contributed by atoms with Crippen LogP contribution in [0.2, 0.25) is 10.0 Å². The summed E-state index contributed by atoms with van der Waals surface area (Å²) in [6.07, 6.45) is 0.435. The summed E-state index contributed by atoms with van der Waals surface area (Å²) in [5.41, 5.74) is 0.424. The minimum atomic E-state index is -0.538. The molecule has 19 heavy (non-hydrogen) atoms. The number of nitro benzene ring substituents is 1. The van der Waals surface area contributed by atoms with E-state index in [0.29, 0.717) is 25.2 Å². The maximum Gasteiger partial charge on any atom is 0.272 e. The molecule has 1 aromatic rings. The number of carbonyl (C=O) groups excluding carboxylic acids is 1. The molecule has 0 aromatic heterocycles. The molecule has 0 amide bonds. The first kappa shape index (κ1) is 14.1. The van der Waals surface area contributed by atoms with Gasteiger partial charge in [0.1, 0.15) is 5.78 Å². The predicted molar refractivity (Wildman–Crippen MR) is 74.1 cm³/mol. The Morgan fingerprint density at radius 1 is 1.37 bits per heavy atom. The lowest BCUT2D eigenvalue weighted by atomic mass is 9.98. The number of nitrogens with zero attached hydrogens (tertiary/aromatic N) is 2. The monoisotopic (exact) mass is 302 g/mol. The Hall–Kier alpha value is -1.33. The lowest BCUT2D eigenvalue weighted by Crippen LogP contribution is -2.39. The van der Waals surface area contributed by atoms with E-state index >= 15 is 0 Å². The van der Waals surface area contributed by atoms with Crippen LogP contribution in [-0.2, 0) is 4.79 Å². The zero-order valence-corrected chi connectivity index (χ0v) is 11.7. The average molecular weight is 303 g/mol. The molecule has 0 bridgehead atoms. The van der Waals surface area contributed by atoms with Crippen molar-refractivity contribution in [2.75, 3.05) is 18.0 Å². The molecule has 1 unspecified atom stereocenters. The van der Waals surface area contributed by atoms with E-state index < -0.39 is 4.92 Å². The van der Waals surface area contributed by atoms with Crippen molar-refractivity contribution in [2.24, 2.45) is 5.92 Å². The van der Waals surface area contributed by atoms with Crippen molar-refractivity contribution in [3.05, 3.63) is 32.3 Å². The Kier molecular flexibility index (Phi) is 3.96. The lowest BCUT2D eigenvalue weighted by molar-refractivity contribution is -0.384. The van der Waals surface area contributed by atoms with E-state index in [4.69, 9.17) is 23.2 Å². The molecule has 2 rings (SSSR count). The van der Waals surface area contributed by atoms with E-state index in [1.54, 1.807) is 0 Å². The van der Waals surface area contributed by atoms with Crippen LogP contribution >= 0.6 is 23.2 Å². The highest BCUT2D eigenvalue weighted by Gasteiger charge is 2.27. The second kappa shape index (κ2) is 5.35. The summed E-state index contributed by atoms with van der Waals surface area (Å²) in [6, 6.07) is 2.56. The molecular weight excluding hydrogens is 291 g/mol. The standard InChI is InChI=1S/C12H12Cl2N2O3/c1-7-6-15(3-2-11(7)17)12-9(13)4-8(16(18)19)5-10(12)14/h4-5,7H,2-3,6H2,1H3. The lowest BCUT2D eigenvalue weighted by Gasteiger charge is -2.33. The van der Waals surface area contributed by atoms with Gasteiger partial charge in [-0.2, -0.15) is 0 Å². The van der Waals surface area contributed by atoms with Crippen LogP contribution in [0.5, 0.6) is 0 Å². The van der Waals surface area contributed by atoms with Crippen LogP contribution in [0.25, 0.3) is 0 Å². The molecule has 1 saturated heterocycles. The van der Waals surface area contributed by atoms with Gasteiger partial charge < -0.3 is 4.90 Å². The second-order valence-electron chi connectivity index (χ2n) is 4.58. The Morgan fingerprint density at radius 3 is 2.42 bits per heavy atom. The van der Waals surface area contributed by atoms with Crippen LogP contribution in [0.1, 0.15) is 13.3 Å². The van der Waals surface area contributed by atoms with Crippen molar-refractivity contribution in [1.82, 2.24) is 0 Å². The number of non-ortho nitro benzene ring substituents is 1. The van der Waals surface area contributed by atoms with Crippen molar-refractivity contribution in [3.8, 4) is 0 Å². The van der Waals surface area contributed by atoms with Gasteiger partial charge in [0.2, 0.25) is 0 Å². The number of hydrogen-bond donors (Lipinski definition) is 0. The van der Waals surface area contributed by atoms with Crippen molar-refractivity contribution < 1.29 is 9.72 Å². The summed E-state index contributed by atoms with van der Waals surface area (Å²) < 4.78 is 0. The molecule has 0 aliphatic carbocycles. The van der Waals surface area contributed by atoms with E-state index in [-0.39, 0.29) is 27.4 Å². The molecule has 1 aromatic carbocycles. The highest BCUT2D eigenvalue weighted by molar-refractivity contribution is 6.39. The summed E-state index contributed by atoms with van der Waals surface area (Å²) in [5, 5.41) is 11.2. The molecule has 1 atom stereocenters. The van der Waals surface area contributed by atoms with Crippen LogP contribution in [-0.4, -0.2) is 23.8 Å². The number of rotatable bonds is 2. The fourth-order valence-electron chi connectivity index (χ4n) is 2.18. The fraction of sp³-hybridized carbons (Fsp3) is 0.417. The molecule has 0 N–H and O–H groups in total. The molecule has 5 nitrogen and oxygen atoms in total. The molecule has 7 heteroatoms. The van der Waals surface area contributed by atoms with Gasteiger partial charge in [0.15, 0.2) is 0 Å². The zero-order valence-electron chi connectivity index (χ0n) is 10.2. The first-order valence-corrected chi connectivity index (χ1v) is 6.57. The van der Waals surface area contributed by atoms with Crippen molar-refractivity contribution in [1.29, 1.82) is 0 Å². The third-order valence-electron chi connectivity index (χ3n) is 3.20. The van der Waals surface area contributed by atoms with E-state index in [9.17, 15) is 14.9 Å².